The molecule has 1 N–H and O–H groups in total. The van der Waals surface area contributed by atoms with Crippen LogP contribution in [0.4, 0.5) is 4.39 Å². The van der Waals surface area contributed by atoms with Crippen LogP contribution in [0, 0.1) is 12.7 Å². The largest absolute Gasteiger partial charge is 0.480 e. The fourth-order valence-corrected chi connectivity index (χ4v) is 3.32. The van der Waals surface area contributed by atoms with E-state index >= 15 is 0 Å². The van der Waals surface area contributed by atoms with Gasteiger partial charge in [0.15, 0.2) is 18.2 Å². The number of hydrogen-bond donors (Lipinski definition) is 1. The van der Waals surface area contributed by atoms with Crippen molar-refractivity contribution in [1.82, 2.24) is 15.1 Å². The van der Waals surface area contributed by atoms with Crippen LogP contribution in [0.1, 0.15) is 23.9 Å². The molecule has 0 spiro atoms. The Kier molecular flexibility index (Phi) is 3.63. The van der Waals surface area contributed by atoms with Crippen LogP contribution in [-0.4, -0.2) is 28.1 Å². The molecular weight excluding hydrogens is 323 g/mol. The van der Waals surface area contributed by atoms with Gasteiger partial charge in [0.25, 0.3) is 5.91 Å². The molecule has 1 amide bonds. The molecule has 0 bridgehead atoms. The zero-order chi connectivity index (χ0) is 17.6. The van der Waals surface area contributed by atoms with Crippen molar-refractivity contribution in [2.45, 2.75) is 19.4 Å². The third kappa shape index (κ3) is 2.71. The van der Waals surface area contributed by atoms with Crippen molar-refractivity contribution >= 4 is 11.7 Å². The number of fused-ring (bicyclic) bond motifs is 1. The SMILES string of the molecule is Cc1nn(C)c(C2CC=C3OCC(=O)NC3=N2)c1-c1ccc(F)cc1. The fraction of sp³-hybridized carbons (Fsp3) is 0.278. The Labute approximate surface area is 144 Å². The molecule has 0 radical (unpaired) electrons. The van der Waals surface area contributed by atoms with E-state index in [-0.39, 0.29) is 24.4 Å². The molecule has 2 aliphatic rings. The van der Waals surface area contributed by atoms with Gasteiger partial charge in [-0.15, -0.1) is 0 Å². The van der Waals surface area contributed by atoms with E-state index < -0.39 is 0 Å². The van der Waals surface area contributed by atoms with E-state index in [0.29, 0.717) is 18.0 Å². The van der Waals surface area contributed by atoms with E-state index in [9.17, 15) is 9.18 Å². The monoisotopic (exact) mass is 340 g/mol. The molecule has 128 valence electrons. The van der Waals surface area contributed by atoms with Crippen LogP contribution < -0.4 is 5.32 Å². The predicted molar refractivity (Wildman–Crippen MR) is 90.3 cm³/mol. The number of dihydropyridines is 1. The Hall–Kier alpha value is -2.96. The molecule has 6 nitrogen and oxygen atoms in total. The number of rotatable bonds is 2. The maximum absolute atomic E-state index is 13.3. The standard InChI is InChI=1S/C18H17FN4O2/c1-10-16(11-3-5-12(19)6-4-11)17(23(2)22-10)13-7-8-14-18(20-13)21-15(24)9-25-14/h3-6,8,13H,7,9H2,1-2H3,(H,20,21,24). The van der Waals surface area contributed by atoms with Gasteiger partial charge in [-0.1, -0.05) is 12.1 Å². The molecular formula is C18H17FN4O2. The molecule has 7 heteroatoms. The minimum absolute atomic E-state index is 0.0150. The number of ether oxygens (including phenoxy) is 1. The maximum Gasteiger partial charge on any atom is 0.263 e. The van der Waals surface area contributed by atoms with Gasteiger partial charge in [-0.3, -0.25) is 14.5 Å². The first-order valence-electron chi connectivity index (χ1n) is 8.03. The van der Waals surface area contributed by atoms with Crippen LogP contribution in [0.3, 0.4) is 0 Å². The lowest BCUT2D eigenvalue weighted by atomic mass is 9.97. The predicted octanol–water partition coefficient (Wildman–Crippen LogP) is 2.41. The highest BCUT2D eigenvalue weighted by molar-refractivity contribution is 6.09. The molecule has 25 heavy (non-hydrogen) atoms. The van der Waals surface area contributed by atoms with Crippen molar-refractivity contribution in [3.05, 3.63) is 53.3 Å². The molecule has 4 rings (SSSR count). The van der Waals surface area contributed by atoms with Gasteiger partial charge in [0.1, 0.15) is 5.82 Å². The van der Waals surface area contributed by atoms with Crippen molar-refractivity contribution in [3.8, 4) is 11.1 Å². The third-order valence-electron chi connectivity index (χ3n) is 4.38. The summed E-state index contributed by atoms with van der Waals surface area (Å²) < 4.78 is 20.5. The first kappa shape index (κ1) is 15.6. The first-order chi connectivity index (χ1) is 12.0. The molecule has 1 aromatic heterocycles. The van der Waals surface area contributed by atoms with Gasteiger partial charge in [0.2, 0.25) is 0 Å². The summed E-state index contributed by atoms with van der Waals surface area (Å²) in [5.74, 6) is 0.574. The number of halogens is 1. The van der Waals surface area contributed by atoms with Crippen molar-refractivity contribution < 1.29 is 13.9 Å². The van der Waals surface area contributed by atoms with Crippen molar-refractivity contribution in [3.63, 3.8) is 0 Å². The van der Waals surface area contributed by atoms with Gasteiger partial charge in [-0.05, 0) is 37.1 Å². The summed E-state index contributed by atoms with van der Waals surface area (Å²) in [6.07, 6.45) is 2.57. The van der Waals surface area contributed by atoms with E-state index in [4.69, 9.17) is 4.74 Å². The molecule has 2 aliphatic heterocycles. The number of aliphatic imine (C=N–C) groups is 1. The molecule has 2 aromatic rings. The number of amidine groups is 1. The minimum Gasteiger partial charge on any atom is -0.480 e. The lowest BCUT2D eigenvalue weighted by Gasteiger charge is -2.25. The summed E-state index contributed by atoms with van der Waals surface area (Å²) in [6.45, 7) is 1.94. The van der Waals surface area contributed by atoms with Crippen LogP contribution in [0.25, 0.3) is 11.1 Å². The summed E-state index contributed by atoms with van der Waals surface area (Å²) in [4.78, 5) is 16.2. The van der Waals surface area contributed by atoms with Gasteiger partial charge in [0.05, 0.1) is 17.4 Å². The lowest BCUT2D eigenvalue weighted by Crippen LogP contribution is -2.42. The number of morpholine rings is 1. The molecule has 1 saturated heterocycles. The zero-order valence-electron chi connectivity index (χ0n) is 13.9. The number of benzene rings is 1. The third-order valence-corrected chi connectivity index (χ3v) is 4.38. The van der Waals surface area contributed by atoms with E-state index in [1.54, 1.807) is 16.8 Å². The van der Waals surface area contributed by atoms with Crippen molar-refractivity contribution in [2.75, 3.05) is 6.61 Å². The molecule has 0 aliphatic carbocycles. The maximum atomic E-state index is 13.3. The highest BCUT2D eigenvalue weighted by atomic mass is 19.1. The van der Waals surface area contributed by atoms with Crippen LogP contribution in [-0.2, 0) is 16.6 Å². The Morgan fingerprint density at radius 2 is 2.08 bits per heavy atom. The molecule has 0 saturated carbocycles. The first-order valence-corrected chi connectivity index (χ1v) is 8.03. The van der Waals surface area contributed by atoms with Crippen LogP contribution >= 0.6 is 0 Å². The van der Waals surface area contributed by atoms with E-state index in [1.165, 1.54) is 12.1 Å². The summed E-state index contributed by atoms with van der Waals surface area (Å²) >= 11 is 0. The molecule has 1 fully saturated rings. The Morgan fingerprint density at radius 3 is 2.84 bits per heavy atom. The average molecular weight is 340 g/mol. The van der Waals surface area contributed by atoms with Gasteiger partial charge < -0.3 is 10.1 Å². The van der Waals surface area contributed by atoms with Crippen LogP contribution in [0.15, 0.2) is 41.1 Å². The molecule has 1 unspecified atom stereocenters. The number of amides is 1. The van der Waals surface area contributed by atoms with E-state index in [0.717, 1.165) is 22.5 Å². The smallest absolute Gasteiger partial charge is 0.263 e. The Morgan fingerprint density at radius 1 is 1.32 bits per heavy atom. The number of nitrogens with one attached hydrogen (secondary N) is 1. The molecule has 3 heterocycles. The lowest BCUT2D eigenvalue weighted by molar-refractivity contribution is -0.123. The number of aromatic nitrogens is 2. The summed E-state index contributed by atoms with van der Waals surface area (Å²) in [6, 6.07) is 6.15. The van der Waals surface area contributed by atoms with Crippen LogP contribution in [0.2, 0.25) is 0 Å². The second-order valence-electron chi connectivity index (χ2n) is 6.11. The van der Waals surface area contributed by atoms with Gasteiger partial charge in [0, 0.05) is 12.6 Å². The summed E-state index contributed by atoms with van der Waals surface area (Å²) in [5, 5.41) is 7.27. The van der Waals surface area contributed by atoms with Crippen LogP contribution in [0.5, 0.6) is 0 Å². The van der Waals surface area contributed by atoms with Gasteiger partial charge >= 0.3 is 0 Å². The Bertz CT molecular complexity index is 912. The van der Waals surface area contributed by atoms with Gasteiger partial charge in [-0.2, -0.15) is 5.10 Å². The highest BCUT2D eigenvalue weighted by Crippen LogP contribution is 2.36. The number of nitrogens with zero attached hydrogens (tertiary/aromatic N) is 3. The number of aryl methyl sites for hydroxylation is 2. The zero-order valence-corrected chi connectivity index (χ0v) is 13.9. The molecule has 1 aromatic carbocycles. The second kappa shape index (κ2) is 5.84. The summed E-state index contributed by atoms with van der Waals surface area (Å²) in [7, 11) is 1.87. The van der Waals surface area contributed by atoms with Gasteiger partial charge in [-0.25, -0.2) is 4.39 Å². The minimum atomic E-state index is -0.278. The number of hydrogen-bond acceptors (Lipinski definition) is 4. The van der Waals surface area contributed by atoms with Crippen molar-refractivity contribution in [1.29, 1.82) is 0 Å². The number of carbonyl (C=O) groups is 1. The average Bonchev–Trinajstić information content (AvgIpc) is 2.89. The van der Waals surface area contributed by atoms with Crippen molar-refractivity contribution in [2.24, 2.45) is 12.0 Å². The highest BCUT2D eigenvalue weighted by Gasteiger charge is 2.29. The summed E-state index contributed by atoms with van der Waals surface area (Å²) in [5.41, 5.74) is 3.60. The normalized spacial score (nSPS) is 19.5. The second-order valence-corrected chi connectivity index (χ2v) is 6.11. The van der Waals surface area contributed by atoms with E-state index in [1.807, 2.05) is 20.0 Å². The topological polar surface area (TPSA) is 68.5 Å². The number of carbonyl (C=O) groups excluding carboxylic acids is 1. The van der Waals surface area contributed by atoms with E-state index in [2.05, 4.69) is 15.4 Å². The molecule has 1 atom stereocenters. The fourth-order valence-electron chi connectivity index (χ4n) is 3.32. The quantitative estimate of drug-likeness (QED) is 0.913. The Balaban J connectivity index is 1.78.